The number of hydrogen-bond acceptors (Lipinski definition) is 5. The van der Waals surface area contributed by atoms with Crippen molar-refractivity contribution in [3.8, 4) is 6.07 Å². The Labute approximate surface area is 140 Å². The van der Waals surface area contributed by atoms with Crippen LogP contribution in [0.15, 0.2) is 0 Å². The van der Waals surface area contributed by atoms with E-state index >= 15 is 0 Å². The van der Waals surface area contributed by atoms with Gasteiger partial charge in [-0.05, 0) is 38.8 Å². The van der Waals surface area contributed by atoms with Crippen molar-refractivity contribution >= 4 is 10.2 Å². The summed E-state index contributed by atoms with van der Waals surface area (Å²) in [5, 5.41) is 8.81. The van der Waals surface area contributed by atoms with Crippen LogP contribution in [-0.2, 0) is 14.9 Å². The van der Waals surface area contributed by atoms with Gasteiger partial charge in [-0.15, -0.1) is 0 Å². The molecule has 2 aliphatic rings. The maximum absolute atomic E-state index is 13.1. The van der Waals surface area contributed by atoms with E-state index in [0.717, 1.165) is 32.4 Å². The molecule has 8 heteroatoms. The van der Waals surface area contributed by atoms with Crippen LogP contribution in [0, 0.1) is 17.2 Å². The second kappa shape index (κ2) is 8.40. The number of hydrogen-bond donors (Lipinski definition) is 0. The Bertz CT molecular complexity index is 519. The highest BCUT2D eigenvalue weighted by atomic mass is 32.2. The summed E-state index contributed by atoms with van der Waals surface area (Å²) in [7, 11) is 0.118. The molecule has 0 aromatic carbocycles. The zero-order valence-electron chi connectivity index (χ0n) is 14.1. The summed E-state index contributed by atoms with van der Waals surface area (Å²) in [6.45, 7) is 3.36. The second-order valence-corrected chi connectivity index (χ2v) is 8.32. The molecule has 0 bridgehead atoms. The van der Waals surface area contributed by atoms with E-state index in [4.69, 9.17) is 10.00 Å². The molecule has 2 rings (SSSR count). The van der Waals surface area contributed by atoms with Crippen LogP contribution >= 0.6 is 0 Å². The van der Waals surface area contributed by atoms with Crippen molar-refractivity contribution in [1.29, 1.82) is 5.26 Å². The molecule has 2 aliphatic heterocycles. The number of rotatable bonds is 7. The molecule has 0 spiro atoms. The van der Waals surface area contributed by atoms with E-state index in [-0.39, 0.29) is 19.0 Å². The summed E-state index contributed by atoms with van der Waals surface area (Å²) in [6.07, 6.45) is 3.09. The first-order chi connectivity index (χ1) is 11.0. The normalized spacial score (nSPS) is 26.9. The Balaban J connectivity index is 2.15. The van der Waals surface area contributed by atoms with Crippen molar-refractivity contribution in [3.63, 3.8) is 0 Å². The summed E-state index contributed by atoms with van der Waals surface area (Å²) >= 11 is 0. The number of fused-ring (bicyclic) bond motifs is 1. The molecule has 2 saturated heterocycles. The molecule has 0 aromatic rings. The molecule has 2 heterocycles. The molecule has 2 atom stereocenters. The molecule has 0 radical (unpaired) electrons. The third-order valence-corrected chi connectivity index (χ3v) is 6.92. The Kier molecular flexibility index (Phi) is 6.80. The third kappa shape index (κ3) is 4.43. The minimum atomic E-state index is -3.54. The average Bonchev–Trinajstić information content (AvgIpc) is 2.53. The maximum Gasteiger partial charge on any atom is 0.282 e. The third-order valence-electron chi connectivity index (χ3n) is 4.86. The van der Waals surface area contributed by atoms with Crippen molar-refractivity contribution in [1.82, 2.24) is 13.5 Å². The molecule has 0 saturated carbocycles. The molecular weight excluding hydrogens is 316 g/mol. The Morgan fingerprint density at radius 1 is 1.30 bits per heavy atom. The number of piperidine rings is 2. The quantitative estimate of drug-likeness (QED) is 0.672. The lowest BCUT2D eigenvalue weighted by molar-refractivity contribution is 0.0765. The molecule has 0 aromatic heterocycles. The molecule has 0 N–H and O–H groups in total. The Morgan fingerprint density at radius 3 is 2.78 bits per heavy atom. The molecule has 0 amide bonds. The van der Waals surface area contributed by atoms with E-state index in [2.05, 4.69) is 11.9 Å². The first-order valence-corrected chi connectivity index (χ1v) is 9.71. The van der Waals surface area contributed by atoms with Gasteiger partial charge in [0.05, 0.1) is 12.7 Å². The zero-order valence-corrected chi connectivity index (χ0v) is 15.0. The minimum absolute atomic E-state index is 0.0945. The molecule has 0 unspecified atom stereocenters. The summed E-state index contributed by atoms with van der Waals surface area (Å²) in [5.74, 6) is 0.414. The number of methoxy groups -OCH3 is 1. The fraction of sp³-hybridized carbons (Fsp3) is 0.933. The standard InChI is InChI=1S/C15H28N4O3S/c1-17-10-6-15-14(13-17)5-3-9-19(15)23(20,21)18(8-4-7-16)11-12-22-2/h14-15H,3-6,8-13H2,1-2H3/t14-,15+/m1/s1. The van der Waals surface area contributed by atoms with Crippen molar-refractivity contribution in [2.24, 2.45) is 5.92 Å². The van der Waals surface area contributed by atoms with Gasteiger partial charge in [0.1, 0.15) is 0 Å². The van der Waals surface area contributed by atoms with Crippen LogP contribution in [-0.4, -0.2) is 81.5 Å². The van der Waals surface area contributed by atoms with Crippen LogP contribution in [0.25, 0.3) is 0 Å². The van der Waals surface area contributed by atoms with Crippen molar-refractivity contribution < 1.29 is 13.2 Å². The van der Waals surface area contributed by atoms with E-state index in [1.807, 2.05) is 6.07 Å². The first-order valence-electron chi connectivity index (χ1n) is 8.32. The summed E-state index contributed by atoms with van der Waals surface area (Å²) < 4.78 is 34.4. The fourth-order valence-electron chi connectivity index (χ4n) is 3.68. The Hall–Kier alpha value is -0.720. The highest BCUT2D eigenvalue weighted by molar-refractivity contribution is 7.86. The van der Waals surface area contributed by atoms with Gasteiger partial charge in [-0.2, -0.15) is 22.3 Å². The van der Waals surface area contributed by atoms with Crippen LogP contribution in [0.3, 0.4) is 0 Å². The lowest BCUT2D eigenvalue weighted by Gasteiger charge is -2.46. The molecular formula is C15H28N4O3S. The number of nitriles is 1. The summed E-state index contributed by atoms with van der Waals surface area (Å²) in [6, 6.07) is 2.13. The summed E-state index contributed by atoms with van der Waals surface area (Å²) in [5.41, 5.74) is 0. The van der Waals surface area contributed by atoms with Gasteiger partial charge in [-0.25, -0.2) is 0 Å². The first kappa shape index (κ1) is 18.6. The van der Waals surface area contributed by atoms with Crippen LogP contribution in [0.5, 0.6) is 0 Å². The maximum atomic E-state index is 13.1. The summed E-state index contributed by atoms with van der Waals surface area (Å²) in [4.78, 5) is 2.29. The van der Waals surface area contributed by atoms with E-state index in [9.17, 15) is 8.42 Å². The highest BCUT2D eigenvalue weighted by Gasteiger charge is 2.42. The van der Waals surface area contributed by atoms with Gasteiger partial charge < -0.3 is 9.64 Å². The average molecular weight is 344 g/mol. The van der Waals surface area contributed by atoms with E-state index < -0.39 is 10.2 Å². The largest absolute Gasteiger partial charge is 0.383 e. The SMILES string of the molecule is COCCN(CCC#N)S(=O)(=O)N1CCC[C@@H]2CN(C)CC[C@@H]21. The van der Waals surface area contributed by atoms with E-state index in [1.165, 1.54) is 4.31 Å². The number of nitrogens with zero attached hydrogens (tertiary/aromatic N) is 4. The van der Waals surface area contributed by atoms with Gasteiger partial charge in [-0.3, -0.25) is 0 Å². The van der Waals surface area contributed by atoms with Crippen LogP contribution in [0.1, 0.15) is 25.7 Å². The van der Waals surface area contributed by atoms with Crippen molar-refractivity contribution in [2.45, 2.75) is 31.7 Å². The second-order valence-electron chi connectivity index (χ2n) is 6.44. The van der Waals surface area contributed by atoms with E-state index in [0.29, 0.717) is 25.6 Å². The lowest BCUT2D eigenvalue weighted by atomic mass is 9.86. The predicted molar refractivity (Wildman–Crippen MR) is 87.9 cm³/mol. The van der Waals surface area contributed by atoms with Gasteiger partial charge in [-0.1, -0.05) is 0 Å². The molecule has 2 fully saturated rings. The van der Waals surface area contributed by atoms with Gasteiger partial charge in [0.2, 0.25) is 0 Å². The smallest absolute Gasteiger partial charge is 0.282 e. The van der Waals surface area contributed by atoms with Crippen LogP contribution in [0.2, 0.25) is 0 Å². The molecule has 0 aliphatic carbocycles. The van der Waals surface area contributed by atoms with Gasteiger partial charge in [0.25, 0.3) is 10.2 Å². The topological polar surface area (TPSA) is 76.9 Å². The number of likely N-dealkylation sites (tertiary alicyclic amines) is 1. The monoisotopic (exact) mass is 344 g/mol. The van der Waals surface area contributed by atoms with Crippen LogP contribution in [0.4, 0.5) is 0 Å². The molecule has 132 valence electrons. The minimum Gasteiger partial charge on any atom is -0.383 e. The number of ether oxygens (including phenoxy) is 1. The highest BCUT2D eigenvalue weighted by Crippen LogP contribution is 2.32. The molecule has 7 nitrogen and oxygen atoms in total. The van der Waals surface area contributed by atoms with Gasteiger partial charge >= 0.3 is 0 Å². The van der Waals surface area contributed by atoms with Crippen molar-refractivity contribution in [2.75, 3.05) is 53.5 Å². The van der Waals surface area contributed by atoms with E-state index in [1.54, 1.807) is 11.4 Å². The Morgan fingerprint density at radius 2 is 2.09 bits per heavy atom. The fourth-order valence-corrected chi connectivity index (χ4v) is 5.59. The van der Waals surface area contributed by atoms with Gasteiger partial charge in [0, 0.05) is 45.8 Å². The lowest BCUT2D eigenvalue weighted by Crippen LogP contribution is -2.58. The predicted octanol–water partition coefficient (Wildman–Crippen LogP) is 0.509. The zero-order chi connectivity index (χ0) is 16.9. The van der Waals surface area contributed by atoms with Crippen LogP contribution < -0.4 is 0 Å². The molecule has 23 heavy (non-hydrogen) atoms. The van der Waals surface area contributed by atoms with Crippen molar-refractivity contribution in [3.05, 3.63) is 0 Å². The van der Waals surface area contributed by atoms with Gasteiger partial charge in [0.15, 0.2) is 0 Å².